The molecule has 0 bridgehead atoms. The zero-order chi connectivity index (χ0) is 22.6. The van der Waals surface area contributed by atoms with Crippen LogP contribution in [-0.4, -0.2) is 4.98 Å². The van der Waals surface area contributed by atoms with Crippen molar-refractivity contribution in [2.24, 2.45) is 0 Å². The maximum absolute atomic E-state index is 8.40. The van der Waals surface area contributed by atoms with Crippen molar-refractivity contribution in [2.75, 3.05) is 0 Å². The summed E-state index contributed by atoms with van der Waals surface area (Å²) in [5, 5.41) is 1.47. The van der Waals surface area contributed by atoms with Crippen LogP contribution in [0.15, 0.2) is 89.4 Å². The molecule has 0 aliphatic carbocycles. The number of furan rings is 1. The lowest BCUT2D eigenvalue weighted by Crippen LogP contribution is -1.81. The Morgan fingerprint density at radius 3 is 2.52 bits per heavy atom. The van der Waals surface area contributed by atoms with Crippen LogP contribution in [0.2, 0.25) is 0 Å². The van der Waals surface area contributed by atoms with Gasteiger partial charge in [-0.25, -0.2) is 4.85 Å². The molecular weight excluding hydrogens is 332 g/mol. The normalized spacial score (nSPS) is 13.5. The van der Waals surface area contributed by atoms with Gasteiger partial charge in [0.1, 0.15) is 11.2 Å². The zero-order valence-electron chi connectivity index (χ0n) is 19.0. The van der Waals surface area contributed by atoms with Crippen LogP contribution in [0.1, 0.15) is 6.85 Å². The van der Waals surface area contributed by atoms with Gasteiger partial charge in [-0.05, 0) is 23.8 Å². The Bertz CT molecular complexity index is 1560. The lowest BCUT2D eigenvalue weighted by Gasteiger charge is -2.05. The highest BCUT2D eigenvalue weighted by atomic mass is 16.3. The van der Waals surface area contributed by atoms with E-state index in [4.69, 9.17) is 17.8 Å². The van der Waals surface area contributed by atoms with Gasteiger partial charge in [0.25, 0.3) is 0 Å². The standard InChI is InChI=1S/C24H14N2O/c1-25-21-14-13-18-17-10-7-11-19(20-12-5-6-15-26-20)23(17)27-24(18)22(21)16-8-3-2-4-9-16/h2-15H/i2D,3D,4D,8D,9D. The smallest absolute Gasteiger partial charge is 0.198 e. The van der Waals surface area contributed by atoms with Crippen molar-refractivity contribution in [3.8, 4) is 22.4 Å². The van der Waals surface area contributed by atoms with Crippen LogP contribution in [0.25, 0.3) is 49.2 Å². The van der Waals surface area contributed by atoms with Crippen molar-refractivity contribution in [1.82, 2.24) is 4.98 Å². The van der Waals surface area contributed by atoms with Crippen LogP contribution in [0.3, 0.4) is 0 Å². The van der Waals surface area contributed by atoms with E-state index in [1.807, 2.05) is 36.4 Å². The van der Waals surface area contributed by atoms with E-state index in [1.165, 1.54) is 0 Å². The van der Waals surface area contributed by atoms with Gasteiger partial charge in [-0.2, -0.15) is 0 Å². The van der Waals surface area contributed by atoms with Gasteiger partial charge in [0.2, 0.25) is 0 Å². The first-order chi connectivity index (χ1) is 15.4. The number of para-hydroxylation sites is 1. The van der Waals surface area contributed by atoms with Crippen molar-refractivity contribution in [3.05, 3.63) is 96.4 Å². The number of fused-ring (bicyclic) bond motifs is 3. The lowest BCUT2D eigenvalue weighted by atomic mass is 10.00. The molecule has 3 aromatic carbocycles. The predicted octanol–water partition coefficient (Wildman–Crippen LogP) is 6.87. The number of pyridine rings is 1. The van der Waals surface area contributed by atoms with E-state index in [0.29, 0.717) is 22.2 Å². The number of rotatable bonds is 2. The van der Waals surface area contributed by atoms with E-state index in [0.717, 1.165) is 10.9 Å². The molecule has 0 amide bonds. The Hall–Kier alpha value is -3.90. The fourth-order valence-electron chi connectivity index (χ4n) is 3.29. The predicted molar refractivity (Wildman–Crippen MR) is 109 cm³/mol. The molecule has 0 N–H and O–H groups in total. The molecule has 3 heteroatoms. The summed E-state index contributed by atoms with van der Waals surface area (Å²) in [6, 6.07) is 12.4. The molecule has 0 aliphatic rings. The molecule has 0 radical (unpaired) electrons. The summed E-state index contributed by atoms with van der Waals surface area (Å²) in [5.74, 6) is 0. The van der Waals surface area contributed by atoms with Crippen molar-refractivity contribution < 1.29 is 11.3 Å². The largest absolute Gasteiger partial charge is 0.456 e. The highest BCUT2D eigenvalue weighted by molar-refractivity contribution is 6.14. The molecule has 3 nitrogen and oxygen atoms in total. The third-order valence-corrected chi connectivity index (χ3v) is 4.46. The molecule has 2 aromatic heterocycles. The summed E-state index contributed by atoms with van der Waals surface area (Å²) in [4.78, 5) is 7.96. The van der Waals surface area contributed by atoms with Crippen LogP contribution in [0.4, 0.5) is 5.69 Å². The summed E-state index contributed by atoms with van der Waals surface area (Å²) >= 11 is 0. The summed E-state index contributed by atoms with van der Waals surface area (Å²) in [5.41, 5.74) is 2.62. The monoisotopic (exact) mass is 351 g/mol. The average Bonchev–Trinajstić information content (AvgIpc) is 3.21. The number of nitrogens with zero attached hydrogens (tertiary/aromatic N) is 2. The van der Waals surface area contributed by atoms with Crippen LogP contribution in [-0.2, 0) is 0 Å². The highest BCUT2D eigenvalue weighted by Crippen LogP contribution is 2.43. The molecule has 5 rings (SSSR count). The minimum atomic E-state index is -0.484. The van der Waals surface area contributed by atoms with E-state index < -0.39 is 18.1 Å². The van der Waals surface area contributed by atoms with Crippen LogP contribution in [0, 0.1) is 6.57 Å². The maximum atomic E-state index is 8.40. The van der Waals surface area contributed by atoms with Gasteiger partial charge in [-0.3, -0.25) is 4.98 Å². The lowest BCUT2D eigenvalue weighted by molar-refractivity contribution is 0.671. The Morgan fingerprint density at radius 1 is 0.889 bits per heavy atom. The first kappa shape index (κ1) is 10.9. The SMILES string of the molecule is [2H]c1c([2H])c([2H])c(-c2c([N+]#[C-])ccc3c2oc2c(-c4ccccn4)cccc23)c([2H])c1[2H]. The van der Waals surface area contributed by atoms with Crippen molar-refractivity contribution >= 4 is 27.6 Å². The summed E-state index contributed by atoms with van der Waals surface area (Å²) in [6.45, 7) is 7.63. The topological polar surface area (TPSA) is 30.4 Å². The Morgan fingerprint density at radius 2 is 1.74 bits per heavy atom. The van der Waals surface area contributed by atoms with Gasteiger partial charge in [0.15, 0.2) is 5.69 Å². The molecule has 27 heavy (non-hydrogen) atoms. The maximum Gasteiger partial charge on any atom is 0.198 e. The quantitative estimate of drug-likeness (QED) is 0.325. The number of hydrogen-bond donors (Lipinski definition) is 0. The van der Waals surface area contributed by atoms with Crippen molar-refractivity contribution in [2.45, 2.75) is 0 Å². The molecule has 0 fully saturated rings. The molecule has 0 atom stereocenters. The third-order valence-electron chi connectivity index (χ3n) is 4.46. The fraction of sp³-hybridized carbons (Fsp3) is 0. The first-order valence-electron chi connectivity index (χ1n) is 10.8. The second kappa shape index (κ2) is 6.12. The van der Waals surface area contributed by atoms with E-state index in [2.05, 4.69) is 9.83 Å². The van der Waals surface area contributed by atoms with E-state index >= 15 is 0 Å². The molecule has 126 valence electrons. The van der Waals surface area contributed by atoms with E-state index in [1.54, 1.807) is 18.3 Å². The summed E-state index contributed by atoms with van der Waals surface area (Å²) in [6.07, 6.45) is 1.69. The van der Waals surface area contributed by atoms with Gasteiger partial charge >= 0.3 is 0 Å². The van der Waals surface area contributed by atoms with Gasteiger partial charge in [-0.15, -0.1) is 0 Å². The molecule has 2 heterocycles. The minimum absolute atomic E-state index is 0.0500. The second-order valence-corrected chi connectivity index (χ2v) is 5.95. The molecule has 0 saturated heterocycles. The zero-order valence-corrected chi connectivity index (χ0v) is 14.0. The highest BCUT2D eigenvalue weighted by Gasteiger charge is 2.18. The summed E-state index contributed by atoms with van der Waals surface area (Å²) in [7, 11) is 0. The Labute approximate surface area is 163 Å². The van der Waals surface area contributed by atoms with Gasteiger partial charge in [0, 0.05) is 28.1 Å². The number of hydrogen-bond acceptors (Lipinski definition) is 2. The first-order valence-corrected chi connectivity index (χ1v) is 8.28. The Balaban J connectivity index is 1.95. The van der Waals surface area contributed by atoms with Gasteiger partial charge in [0.05, 0.1) is 19.1 Å². The molecule has 0 saturated carbocycles. The molecule has 5 aromatic rings. The molecule has 0 spiro atoms. The van der Waals surface area contributed by atoms with Gasteiger partial charge in [-0.1, -0.05) is 60.5 Å². The second-order valence-electron chi connectivity index (χ2n) is 5.95. The van der Waals surface area contributed by atoms with Crippen LogP contribution in [0.5, 0.6) is 0 Å². The van der Waals surface area contributed by atoms with Crippen LogP contribution >= 0.6 is 0 Å². The molecule has 0 aliphatic heterocycles. The van der Waals surface area contributed by atoms with E-state index in [-0.39, 0.29) is 28.9 Å². The summed E-state index contributed by atoms with van der Waals surface area (Å²) < 4.78 is 47.1. The minimum Gasteiger partial charge on any atom is -0.456 e. The number of aromatic nitrogens is 1. The van der Waals surface area contributed by atoms with E-state index in [9.17, 15) is 0 Å². The fourth-order valence-corrected chi connectivity index (χ4v) is 3.29. The van der Waals surface area contributed by atoms with Gasteiger partial charge < -0.3 is 4.42 Å². The molecular formula is C24H14N2O. The van der Waals surface area contributed by atoms with Crippen molar-refractivity contribution in [1.29, 1.82) is 0 Å². The third kappa shape index (κ3) is 2.39. The van der Waals surface area contributed by atoms with Crippen LogP contribution < -0.4 is 0 Å². The van der Waals surface area contributed by atoms with Crippen molar-refractivity contribution in [3.63, 3.8) is 0 Å². The Kier molecular flexibility index (Phi) is 2.48. The molecule has 0 unspecified atom stereocenters. The number of benzene rings is 3. The average molecular weight is 351 g/mol.